The summed E-state index contributed by atoms with van der Waals surface area (Å²) in [5.41, 5.74) is 1.98. The molecule has 0 atom stereocenters. The maximum atomic E-state index is 12.2. The Morgan fingerprint density at radius 1 is 1.00 bits per heavy atom. The lowest BCUT2D eigenvalue weighted by Gasteiger charge is -2.31. The molecule has 2 aromatic rings. The van der Waals surface area contributed by atoms with Crippen LogP contribution in [0, 0.1) is 0 Å². The van der Waals surface area contributed by atoms with Crippen molar-refractivity contribution in [2.75, 3.05) is 19.6 Å². The summed E-state index contributed by atoms with van der Waals surface area (Å²) in [4.78, 5) is 14.6. The zero-order valence-corrected chi connectivity index (χ0v) is 13.9. The molecule has 1 N–H and O–H groups in total. The number of amides is 1. The normalized spacial score (nSPS) is 16.3. The van der Waals surface area contributed by atoms with Gasteiger partial charge in [-0.3, -0.25) is 9.69 Å². The van der Waals surface area contributed by atoms with Gasteiger partial charge in [0.25, 0.3) is 5.91 Å². The van der Waals surface area contributed by atoms with E-state index in [1.54, 1.807) is 0 Å². The molecule has 3 nitrogen and oxygen atoms in total. The zero-order chi connectivity index (χ0) is 16.6. The summed E-state index contributed by atoms with van der Waals surface area (Å²) in [6.45, 7) is 3.02. The van der Waals surface area contributed by atoms with Gasteiger partial charge in [-0.1, -0.05) is 60.7 Å². The van der Waals surface area contributed by atoms with Crippen LogP contribution in [0.25, 0.3) is 6.08 Å². The molecular formula is C21H24N2O. The van der Waals surface area contributed by atoms with Gasteiger partial charge in [-0.15, -0.1) is 0 Å². The fraction of sp³-hybridized carbons (Fsp3) is 0.286. The third-order valence-corrected chi connectivity index (χ3v) is 4.43. The van der Waals surface area contributed by atoms with E-state index in [0.717, 1.165) is 38.0 Å². The summed E-state index contributed by atoms with van der Waals surface area (Å²) in [6, 6.07) is 20.1. The Bertz CT molecular complexity index is 659. The second-order valence-corrected chi connectivity index (χ2v) is 6.23. The fourth-order valence-electron chi connectivity index (χ4n) is 3.02. The van der Waals surface area contributed by atoms with Crippen molar-refractivity contribution in [2.45, 2.75) is 18.9 Å². The lowest BCUT2D eigenvalue weighted by atomic mass is 10.0. The van der Waals surface area contributed by atoms with Gasteiger partial charge in [0.05, 0.1) is 0 Å². The Morgan fingerprint density at radius 3 is 2.29 bits per heavy atom. The van der Waals surface area contributed by atoms with Gasteiger partial charge < -0.3 is 5.32 Å². The molecule has 0 saturated carbocycles. The summed E-state index contributed by atoms with van der Waals surface area (Å²) in [5, 5.41) is 3.15. The minimum absolute atomic E-state index is 0.0398. The number of likely N-dealkylation sites (tertiary alicyclic amines) is 1. The third-order valence-electron chi connectivity index (χ3n) is 4.43. The van der Waals surface area contributed by atoms with E-state index in [1.165, 1.54) is 5.56 Å². The molecule has 1 aliphatic heterocycles. The Hall–Kier alpha value is -2.39. The maximum Gasteiger partial charge on any atom is 0.251 e. The summed E-state index contributed by atoms with van der Waals surface area (Å²) in [5.74, 6) is 0.0398. The SMILES string of the molecule is O=C(NC1CCN(CC=Cc2ccccc2)CC1)c1ccccc1. The number of carbonyl (C=O) groups is 1. The summed E-state index contributed by atoms with van der Waals surface area (Å²) < 4.78 is 0. The number of hydrogen-bond donors (Lipinski definition) is 1. The van der Waals surface area contributed by atoms with Crippen LogP contribution in [-0.4, -0.2) is 36.5 Å². The highest BCUT2D eigenvalue weighted by Crippen LogP contribution is 2.12. The number of nitrogens with one attached hydrogen (secondary N) is 1. The Labute approximate surface area is 144 Å². The van der Waals surface area contributed by atoms with E-state index in [9.17, 15) is 4.79 Å². The average Bonchev–Trinajstić information content (AvgIpc) is 2.65. The Kier molecular flexibility index (Phi) is 5.80. The van der Waals surface area contributed by atoms with Gasteiger partial charge in [0.1, 0.15) is 0 Å². The van der Waals surface area contributed by atoms with Crippen molar-refractivity contribution in [3.8, 4) is 0 Å². The topological polar surface area (TPSA) is 32.3 Å². The van der Waals surface area contributed by atoms with Gasteiger partial charge in [0, 0.05) is 31.2 Å². The van der Waals surface area contributed by atoms with E-state index in [0.29, 0.717) is 0 Å². The molecule has 124 valence electrons. The Morgan fingerprint density at radius 2 is 1.62 bits per heavy atom. The summed E-state index contributed by atoms with van der Waals surface area (Å²) in [6.07, 6.45) is 6.41. The van der Waals surface area contributed by atoms with E-state index in [4.69, 9.17) is 0 Å². The van der Waals surface area contributed by atoms with Crippen molar-refractivity contribution in [2.24, 2.45) is 0 Å². The van der Waals surface area contributed by atoms with Gasteiger partial charge in [0.15, 0.2) is 0 Å². The molecular weight excluding hydrogens is 296 g/mol. The second-order valence-electron chi connectivity index (χ2n) is 6.23. The molecule has 0 spiro atoms. The molecule has 1 heterocycles. The number of piperidine rings is 1. The molecule has 1 saturated heterocycles. The van der Waals surface area contributed by atoms with Gasteiger partial charge >= 0.3 is 0 Å². The number of hydrogen-bond acceptors (Lipinski definition) is 2. The first kappa shape index (κ1) is 16.5. The first-order valence-corrected chi connectivity index (χ1v) is 8.61. The van der Waals surface area contributed by atoms with Crippen LogP contribution in [0.4, 0.5) is 0 Å². The van der Waals surface area contributed by atoms with Gasteiger partial charge in [-0.2, -0.15) is 0 Å². The van der Waals surface area contributed by atoms with Crippen LogP contribution < -0.4 is 5.32 Å². The molecule has 3 rings (SSSR count). The van der Waals surface area contributed by atoms with E-state index < -0.39 is 0 Å². The van der Waals surface area contributed by atoms with Crippen molar-refractivity contribution in [3.63, 3.8) is 0 Å². The molecule has 1 amide bonds. The van der Waals surface area contributed by atoms with Crippen molar-refractivity contribution >= 4 is 12.0 Å². The molecule has 0 bridgehead atoms. The lowest BCUT2D eigenvalue weighted by Crippen LogP contribution is -2.44. The van der Waals surface area contributed by atoms with Crippen LogP contribution in [0.5, 0.6) is 0 Å². The average molecular weight is 320 g/mol. The van der Waals surface area contributed by atoms with Gasteiger partial charge in [-0.05, 0) is 30.5 Å². The molecule has 1 fully saturated rings. The monoisotopic (exact) mass is 320 g/mol. The van der Waals surface area contributed by atoms with Crippen LogP contribution in [-0.2, 0) is 0 Å². The lowest BCUT2D eigenvalue weighted by molar-refractivity contribution is 0.0914. The summed E-state index contributed by atoms with van der Waals surface area (Å²) >= 11 is 0. The molecule has 2 aromatic carbocycles. The number of carbonyl (C=O) groups excluding carboxylic acids is 1. The molecule has 0 radical (unpaired) electrons. The summed E-state index contributed by atoms with van der Waals surface area (Å²) in [7, 11) is 0. The molecule has 0 aliphatic carbocycles. The van der Waals surface area contributed by atoms with Crippen molar-refractivity contribution in [3.05, 3.63) is 77.9 Å². The third kappa shape index (κ3) is 4.80. The minimum Gasteiger partial charge on any atom is -0.349 e. The molecule has 3 heteroatoms. The van der Waals surface area contributed by atoms with E-state index >= 15 is 0 Å². The standard InChI is InChI=1S/C21H24N2O/c24-21(19-11-5-2-6-12-19)22-20-13-16-23(17-14-20)15-7-10-18-8-3-1-4-9-18/h1-12,20H,13-17H2,(H,22,24). The highest BCUT2D eigenvalue weighted by Gasteiger charge is 2.20. The second kappa shape index (κ2) is 8.46. The van der Waals surface area contributed by atoms with Crippen molar-refractivity contribution < 1.29 is 4.79 Å². The minimum atomic E-state index is 0.0398. The molecule has 1 aliphatic rings. The predicted molar refractivity (Wildman–Crippen MR) is 98.8 cm³/mol. The van der Waals surface area contributed by atoms with Crippen LogP contribution in [0.3, 0.4) is 0 Å². The number of benzene rings is 2. The first-order valence-electron chi connectivity index (χ1n) is 8.61. The largest absolute Gasteiger partial charge is 0.349 e. The van der Waals surface area contributed by atoms with Gasteiger partial charge in [-0.25, -0.2) is 0 Å². The predicted octanol–water partition coefficient (Wildman–Crippen LogP) is 3.59. The number of rotatable bonds is 5. The van der Waals surface area contributed by atoms with Crippen molar-refractivity contribution in [1.82, 2.24) is 10.2 Å². The molecule has 0 unspecified atom stereocenters. The van der Waals surface area contributed by atoms with Crippen LogP contribution in [0.15, 0.2) is 66.7 Å². The highest BCUT2D eigenvalue weighted by molar-refractivity contribution is 5.94. The Balaban J connectivity index is 1.41. The fourth-order valence-corrected chi connectivity index (χ4v) is 3.02. The van der Waals surface area contributed by atoms with E-state index in [2.05, 4.69) is 46.6 Å². The smallest absolute Gasteiger partial charge is 0.251 e. The van der Waals surface area contributed by atoms with E-state index in [1.807, 2.05) is 36.4 Å². The van der Waals surface area contributed by atoms with Crippen LogP contribution in [0.1, 0.15) is 28.8 Å². The maximum absolute atomic E-state index is 12.2. The van der Waals surface area contributed by atoms with Crippen LogP contribution in [0.2, 0.25) is 0 Å². The molecule has 24 heavy (non-hydrogen) atoms. The quantitative estimate of drug-likeness (QED) is 0.913. The van der Waals surface area contributed by atoms with Gasteiger partial charge in [0.2, 0.25) is 0 Å². The van der Waals surface area contributed by atoms with Crippen LogP contribution >= 0.6 is 0 Å². The highest BCUT2D eigenvalue weighted by atomic mass is 16.1. The first-order chi connectivity index (χ1) is 11.8. The molecule has 0 aromatic heterocycles. The number of nitrogens with zero attached hydrogens (tertiary/aromatic N) is 1. The van der Waals surface area contributed by atoms with Crippen molar-refractivity contribution in [1.29, 1.82) is 0 Å². The zero-order valence-electron chi connectivity index (χ0n) is 13.9. The van der Waals surface area contributed by atoms with E-state index in [-0.39, 0.29) is 11.9 Å².